The number of amides is 1. The van der Waals surface area contributed by atoms with E-state index in [1.54, 1.807) is 11.7 Å². The third kappa shape index (κ3) is 2.74. The Morgan fingerprint density at radius 1 is 1.32 bits per heavy atom. The number of carbonyl (C=O) groups excluding carboxylic acids is 1. The highest BCUT2D eigenvalue weighted by Crippen LogP contribution is 2.39. The number of fused-ring (bicyclic) bond motifs is 1. The lowest BCUT2D eigenvalue weighted by Gasteiger charge is -2.16. The van der Waals surface area contributed by atoms with Gasteiger partial charge in [0.2, 0.25) is 0 Å². The monoisotopic (exact) mass is 356 g/mol. The van der Waals surface area contributed by atoms with Crippen LogP contribution in [-0.4, -0.2) is 33.9 Å². The van der Waals surface area contributed by atoms with E-state index in [0.29, 0.717) is 29.6 Å². The Morgan fingerprint density at radius 3 is 2.96 bits per heavy atom. The van der Waals surface area contributed by atoms with Crippen LogP contribution in [0.15, 0.2) is 29.9 Å². The van der Waals surface area contributed by atoms with Gasteiger partial charge in [0.15, 0.2) is 17.3 Å². The van der Waals surface area contributed by atoms with Gasteiger partial charge in [-0.25, -0.2) is 0 Å². The summed E-state index contributed by atoms with van der Waals surface area (Å²) in [7, 11) is 1.88. The van der Waals surface area contributed by atoms with Crippen LogP contribution >= 0.6 is 11.3 Å². The zero-order valence-corrected chi connectivity index (χ0v) is 14.6. The predicted octanol–water partition coefficient (Wildman–Crippen LogP) is 2.88. The minimum atomic E-state index is -0.213. The molecule has 0 radical (unpaired) electrons. The molecular weight excluding hydrogens is 340 g/mol. The Morgan fingerprint density at radius 2 is 2.16 bits per heavy atom. The van der Waals surface area contributed by atoms with E-state index in [9.17, 15) is 4.79 Å². The van der Waals surface area contributed by atoms with Gasteiger partial charge in [0.05, 0.1) is 0 Å². The summed E-state index contributed by atoms with van der Waals surface area (Å²) < 4.78 is 12.9. The first-order valence-electron chi connectivity index (χ1n) is 7.77. The van der Waals surface area contributed by atoms with Gasteiger partial charge in [-0.05, 0) is 18.6 Å². The largest absolute Gasteiger partial charge is 0.485 e. The van der Waals surface area contributed by atoms with Crippen molar-refractivity contribution in [2.75, 3.05) is 18.5 Å². The smallest absolute Gasteiger partial charge is 0.269 e. The van der Waals surface area contributed by atoms with Crippen LogP contribution in [0, 0.1) is 6.92 Å². The molecule has 1 N–H and O–H groups in total. The Balaban J connectivity index is 1.64. The van der Waals surface area contributed by atoms with Gasteiger partial charge in [-0.3, -0.25) is 4.79 Å². The molecule has 3 aromatic rings. The highest BCUT2D eigenvalue weighted by molar-refractivity contribution is 7.13. The molecule has 1 aromatic carbocycles. The number of hydrogen-bond acceptors (Lipinski definition) is 6. The number of hydrogen-bond donors (Lipinski definition) is 1. The second-order valence-electron chi connectivity index (χ2n) is 5.65. The van der Waals surface area contributed by atoms with Crippen molar-refractivity contribution in [1.82, 2.24) is 14.8 Å². The van der Waals surface area contributed by atoms with Crippen LogP contribution in [-0.2, 0) is 7.05 Å². The number of carbonyl (C=O) groups is 1. The maximum absolute atomic E-state index is 12.7. The molecule has 2 aromatic heterocycles. The zero-order valence-electron chi connectivity index (χ0n) is 13.8. The van der Waals surface area contributed by atoms with Crippen molar-refractivity contribution in [3.8, 4) is 22.9 Å². The summed E-state index contributed by atoms with van der Waals surface area (Å²) >= 11 is 1.31. The van der Waals surface area contributed by atoms with E-state index in [-0.39, 0.29) is 5.91 Å². The topological polar surface area (TPSA) is 78.3 Å². The highest BCUT2D eigenvalue weighted by atomic mass is 32.1. The van der Waals surface area contributed by atoms with Gasteiger partial charge in [-0.15, -0.1) is 21.5 Å². The van der Waals surface area contributed by atoms with Crippen LogP contribution in [0.5, 0.6) is 11.5 Å². The molecule has 0 saturated carbocycles. The van der Waals surface area contributed by atoms with Gasteiger partial charge in [-0.1, -0.05) is 12.1 Å². The molecule has 3 heterocycles. The van der Waals surface area contributed by atoms with Crippen molar-refractivity contribution in [1.29, 1.82) is 0 Å². The van der Waals surface area contributed by atoms with Gasteiger partial charge in [-0.2, -0.15) is 0 Å². The molecule has 0 fully saturated rings. The Kier molecular flexibility index (Phi) is 3.89. The van der Waals surface area contributed by atoms with E-state index in [4.69, 9.17) is 9.47 Å². The fourth-order valence-electron chi connectivity index (χ4n) is 2.74. The van der Waals surface area contributed by atoms with E-state index in [1.807, 2.05) is 36.7 Å². The molecule has 128 valence electrons. The summed E-state index contributed by atoms with van der Waals surface area (Å²) in [5.74, 6) is 1.69. The SMILES string of the molecule is Cc1c(NC(=O)c2scc3c2OCCO3)cccc1-c1nncn1C. The van der Waals surface area contributed by atoms with E-state index < -0.39 is 0 Å². The number of nitrogens with one attached hydrogen (secondary N) is 1. The molecule has 0 spiro atoms. The summed E-state index contributed by atoms with van der Waals surface area (Å²) in [5, 5.41) is 12.8. The molecule has 7 nitrogen and oxygen atoms in total. The molecule has 4 rings (SSSR count). The number of rotatable bonds is 3. The molecule has 1 aliphatic heterocycles. The Bertz CT molecular complexity index is 947. The van der Waals surface area contributed by atoms with E-state index in [2.05, 4.69) is 15.5 Å². The number of aromatic nitrogens is 3. The third-order valence-electron chi connectivity index (χ3n) is 4.04. The van der Waals surface area contributed by atoms with Gasteiger partial charge in [0.25, 0.3) is 5.91 Å². The molecular formula is C17H16N4O3S. The average molecular weight is 356 g/mol. The van der Waals surface area contributed by atoms with Gasteiger partial charge in [0, 0.05) is 23.7 Å². The number of aryl methyl sites for hydroxylation is 1. The minimum absolute atomic E-state index is 0.213. The van der Waals surface area contributed by atoms with Crippen LogP contribution in [0.1, 0.15) is 15.2 Å². The van der Waals surface area contributed by atoms with Gasteiger partial charge >= 0.3 is 0 Å². The van der Waals surface area contributed by atoms with Crippen molar-refractivity contribution in [3.63, 3.8) is 0 Å². The molecule has 0 bridgehead atoms. The number of anilines is 1. The summed E-state index contributed by atoms with van der Waals surface area (Å²) in [6.07, 6.45) is 1.65. The fraction of sp³-hybridized carbons (Fsp3) is 0.235. The lowest BCUT2D eigenvalue weighted by molar-refractivity contribution is 0.102. The average Bonchev–Trinajstić information content (AvgIpc) is 3.23. The minimum Gasteiger partial charge on any atom is -0.485 e. The van der Waals surface area contributed by atoms with E-state index >= 15 is 0 Å². The quantitative estimate of drug-likeness (QED) is 0.781. The van der Waals surface area contributed by atoms with Crippen LogP contribution in [0.3, 0.4) is 0 Å². The number of thiophene rings is 1. The number of ether oxygens (including phenoxy) is 2. The van der Waals surface area contributed by atoms with Crippen molar-refractivity contribution in [2.45, 2.75) is 6.92 Å². The fourth-order valence-corrected chi connectivity index (χ4v) is 3.56. The molecule has 0 aliphatic carbocycles. The molecule has 0 saturated heterocycles. The summed E-state index contributed by atoms with van der Waals surface area (Å²) in [4.78, 5) is 13.2. The Hall–Kier alpha value is -2.87. The second kappa shape index (κ2) is 6.21. The van der Waals surface area contributed by atoms with Crippen molar-refractivity contribution < 1.29 is 14.3 Å². The molecule has 25 heavy (non-hydrogen) atoms. The van der Waals surface area contributed by atoms with Crippen molar-refractivity contribution >= 4 is 22.9 Å². The standard InChI is InChI=1S/C17H16N4O3S/c1-10-11(16-20-18-9-21(16)2)4-3-5-12(10)19-17(22)15-14-13(8-25-15)23-6-7-24-14/h3-5,8-9H,6-7H2,1-2H3,(H,19,22). The highest BCUT2D eigenvalue weighted by Gasteiger charge is 2.24. The third-order valence-corrected chi connectivity index (χ3v) is 4.98. The van der Waals surface area contributed by atoms with Crippen molar-refractivity contribution in [3.05, 3.63) is 40.3 Å². The summed E-state index contributed by atoms with van der Waals surface area (Å²) in [5.41, 5.74) is 2.57. The van der Waals surface area contributed by atoms with Crippen LogP contribution in [0.4, 0.5) is 5.69 Å². The molecule has 0 unspecified atom stereocenters. The Labute approximate surface area is 148 Å². The molecule has 8 heteroatoms. The maximum Gasteiger partial charge on any atom is 0.269 e. The van der Waals surface area contributed by atoms with E-state index in [0.717, 1.165) is 22.6 Å². The zero-order chi connectivity index (χ0) is 17.4. The first-order valence-corrected chi connectivity index (χ1v) is 8.65. The van der Waals surface area contributed by atoms with Crippen LogP contribution < -0.4 is 14.8 Å². The van der Waals surface area contributed by atoms with E-state index in [1.165, 1.54) is 11.3 Å². The number of benzene rings is 1. The molecule has 1 aliphatic rings. The van der Waals surface area contributed by atoms with Gasteiger partial charge in [0.1, 0.15) is 24.4 Å². The van der Waals surface area contributed by atoms with Gasteiger partial charge < -0.3 is 19.4 Å². The molecule has 0 atom stereocenters. The predicted molar refractivity (Wildman–Crippen MR) is 94.4 cm³/mol. The summed E-state index contributed by atoms with van der Waals surface area (Å²) in [6.45, 7) is 2.90. The lowest BCUT2D eigenvalue weighted by atomic mass is 10.1. The summed E-state index contributed by atoms with van der Waals surface area (Å²) in [6, 6.07) is 5.71. The first-order chi connectivity index (χ1) is 12.1. The lowest BCUT2D eigenvalue weighted by Crippen LogP contribution is -2.18. The number of nitrogens with zero attached hydrogens (tertiary/aromatic N) is 3. The van der Waals surface area contributed by atoms with Crippen LogP contribution in [0.25, 0.3) is 11.4 Å². The second-order valence-corrected chi connectivity index (χ2v) is 6.53. The maximum atomic E-state index is 12.7. The van der Waals surface area contributed by atoms with Crippen molar-refractivity contribution in [2.24, 2.45) is 7.05 Å². The molecule has 1 amide bonds. The normalized spacial score (nSPS) is 12.9. The first kappa shape index (κ1) is 15.6. The van der Waals surface area contributed by atoms with Crippen LogP contribution in [0.2, 0.25) is 0 Å².